The lowest BCUT2D eigenvalue weighted by molar-refractivity contribution is -0.163. The SMILES string of the molecule is CC(N)CCCNC(=O)C(=O)OC(C)(C)C. The van der Waals surface area contributed by atoms with Crippen LogP contribution in [0.3, 0.4) is 0 Å². The maximum atomic E-state index is 11.2. The monoisotopic (exact) mass is 230 g/mol. The van der Waals surface area contributed by atoms with Gasteiger partial charge in [0.05, 0.1) is 0 Å². The molecule has 0 heterocycles. The van der Waals surface area contributed by atoms with Gasteiger partial charge in [0.15, 0.2) is 0 Å². The van der Waals surface area contributed by atoms with Gasteiger partial charge in [0.1, 0.15) is 5.60 Å². The van der Waals surface area contributed by atoms with Crippen molar-refractivity contribution in [3.63, 3.8) is 0 Å². The molecule has 0 aromatic rings. The van der Waals surface area contributed by atoms with Crippen molar-refractivity contribution in [2.75, 3.05) is 6.54 Å². The van der Waals surface area contributed by atoms with Gasteiger partial charge in [-0.05, 0) is 40.5 Å². The first-order valence-corrected chi connectivity index (χ1v) is 5.49. The van der Waals surface area contributed by atoms with Crippen molar-refractivity contribution < 1.29 is 14.3 Å². The molecule has 1 amide bonds. The lowest BCUT2D eigenvalue weighted by Gasteiger charge is -2.18. The molecule has 0 aromatic carbocycles. The van der Waals surface area contributed by atoms with Crippen molar-refractivity contribution in [3.05, 3.63) is 0 Å². The molecule has 0 saturated heterocycles. The highest BCUT2D eigenvalue weighted by Gasteiger charge is 2.22. The molecule has 5 heteroatoms. The van der Waals surface area contributed by atoms with Gasteiger partial charge in [-0.15, -0.1) is 0 Å². The van der Waals surface area contributed by atoms with Crippen LogP contribution >= 0.6 is 0 Å². The third-order valence-corrected chi connectivity index (χ3v) is 1.71. The first-order valence-electron chi connectivity index (χ1n) is 5.49. The average Bonchev–Trinajstić information content (AvgIpc) is 2.08. The van der Waals surface area contributed by atoms with Gasteiger partial charge in [-0.1, -0.05) is 0 Å². The molecule has 0 radical (unpaired) electrons. The van der Waals surface area contributed by atoms with Gasteiger partial charge in [0, 0.05) is 12.6 Å². The Kier molecular flexibility index (Phi) is 6.03. The Bertz CT molecular complexity index is 244. The summed E-state index contributed by atoms with van der Waals surface area (Å²) in [7, 11) is 0. The van der Waals surface area contributed by atoms with E-state index in [9.17, 15) is 9.59 Å². The maximum absolute atomic E-state index is 11.2. The Labute approximate surface area is 96.7 Å². The molecule has 0 aromatic heterocycles. The van der Waals surface area contributed by atoms with Gasteiger partial charge >= 0.3 is 11.9 Å². The Morgan fingerprint density at radius 2 is 1.94 bits per heavy atom. The van der Waals surface area contributed by atoms with E-state index in [1.807, 2.05) is 6.92 Å². The number of nitrogens with one attached hydrogen (secondary N) is 1. The highest BCUT2D eigenvalue weighted by Crippen LogP contribution is 2.06. The summed E-state index contributed by atoms with van der Waals surface area (Å²) in [6, 6.07) is 0.110. The Morgan fingerprint density at radius 3 is 2.38 bits per heavy atom. The second-order valence-electron chi connectivity index (χ2n) is 4.88. The van der Waals surface area contributed by atoms with Gasteiger partial charge in [-0.2, -0.15) is 0 Å². The number of carbonyl (C=O) groups is 2. The van der Waals surface area contributed by atoms with Crippen molar-refractivity contribution in [3.8, 4) is 0 Å². The number of esters is 1. The topological polar surface area (TPSA) is 81.4 Å². The molecule has 0 fully saturated rings. The molecular formula is C11H22N2O3. The predicted octanol–water partition coefficient (Wildman–Crippen LogP) is 0.572. The van der Waals surface area contributed by atoms with Crippen LogP contribution in [0, 0.1) is 0 Å². The molecule has 1 unspecified atom stereocenters. The summed E-state index contributed by atoms with van der Waals surface area (Å²) in [6.45, 7) is 7.49. The van der Waals surface area contributed by atoms with Gasteiger partial charge < -0.3 is 15.8 Å². The summed E-state index contributed by atoms with van der Waals surface area (Å²) < 4.78 is 4.90. The number of ether oxygens (including phenoxy) is 1. The lowest BCUT2D eigenvalue weighted by atomic mass is 10.2. The number of hydrogen-bond donors (Lipinski definition) is 2. The van der Waals surface area contributed by atoms with E-state index in [0.717, 1.165) is 12.8 Å². The summed E-state index contributed by atoms with van der Waals surface area (Å²) >= 11 is 0. The molecule has 94 valence electrons. The van der Waals surface area contributed by atoms with Crippen LogP contribution in [0.25, 0.3) is 0 Å². The zero-order chi connectivity index (χ0) is 12.8. The average molecular weight is 230 g/mol. The molecule has 0 bridgehead atoms. The Balaban J connectivity index is 3.77. The maximum Gasteiger partial charge on any atom is 0.397 e. The lowest BCUT2D eigenvalue weighted by Crippen LogP contribution is -2.37. The zero-order valence-electron chi connectivity index (χ0n) is 10.5. The number of rotatable bonds is 4. The molecule has 16 heavy (non-hydrogen) atoms. The van der Waals surface area contributed by atoms with Crippen LogP contribution in [0.4, 0.5) is 0 Å². The summed E-state index contributed by atoms with van der Waals surface area (Å²) in [4.78, 5) is 22.5. The third kappa shape index (κ3) is 8.23. The van der Waals surface area contributed by atoms with Gasteiger partial charge in [-0.3, -0.25) is 4.79 Å². The van der Waals surface area contributed by atoms with Gasteiger partial charge in [-0.25, -0.2) is 4.79 Å². The molecular weight excluding hydrogens is 208 g/mol. The van der Waals surface area contributed by atoms with Crippen molar-refractivity contribution >= 4 is 11.9 Å². The van der Waals surface area contributed by atoms with Crippen LogP contribution in [0.2, 0.25) is 0 Å². The van der Waals surface area contributed by atoms with E-state index in [1.54, 1.807) is 20.8 Å². The van der Waals surface area contributed by atoms with E-state index >= 15 is 0 Å². The number of nitrogens with two attached hydrogens (primary N) is 1. The van der Waals surface area contributed by atoms with Crippen LogP contribution < -0.4 is 11.1 Å². The minimum absolute atomic E-state index is 0.110. The van der Waals surface area contributed by atoms with Crippen LogP contribution in [0.15, 0.2) is 0 Å². The van der Waals surface area contributed by atoms with Crippen molar-refractivity contribution in [1.82, 2.24) is 5.32 Å². The molecule has 5 nitrogen and oxygen atoms in total. The fourth-order valence-electron chi connectivity index (χ4n) is 1.02. The summed E-state index contributed by atoms with van der Waals surface area (Å²) in [5.41, 5.74) is 4.91. The number of hydrogen-bond acceptors (Lipinski definition) is 4. The van der Waals surface area contributed by atoms with E-state index in [2.05, 4.69) is 5.32 Å². The molecule has 0 aliphatic carbocycles. The number of carbonyl (C=O) groups excluding carboxylic acids is 2. The standard InChI is InChI=1S/C11H22N2O3/c1-8(12)6-5-7-13-9(14)10(15)16-11(2,3)4/h8H,5-7,12H2,1-4H3,(H,13,14). The largest absolute Gasteiger partial charge is 0.453 e. The third-order valence-electron chi connectivity index (χ3n) is 1.71. The first-order chi connectivity index (χ1) is 7.22. The van der Waals surface area contributed by atoms with E-state index < -0.39 is 17.5 Å². The molecule has 0 spiro atoms. The molecule has 0 aliphatic rings. The van der Waals surface area contributed by atoms with Gasteiger partial charge in [0.25, 0.3) is 0 Å². The fourth-order valence-corrected chi connectivity index (χ4v) is 1.02. The van der Waals surface area contributed by atoms with E-state index in [0.29, 0.717) is 6.54 Å². The minimum Gasteiger partial charge on any atom is -0.453 e. The van der Waals surface area contributed by atoms with Crippen molar-refractivity contribution in [1.29, 1.82) is 0 Å². The van der Waals surface area contributed by atoms with E-state index in [4.69, 9.17) is 10.5 Å². The molecule has 1 atom stereocenters. The Hall–Kier alpha value is -1.10. The normalized spacial score (nSPS) is 13.1. The second-order valence-corrected chi connectivity index (χ2v) is 4.88. The van der Waals surface area contributed by atoms with Crippen molar-refractivity contribution in [2.24, 2.45) is 5.73 Å². The number of amides is 1. The predicted molar refractivity (Wildman–Crippen MR) is 61.7 cm³/mol. The smallest absolute Gasteiger partial charge is 0.397 e. The highest BCUT2D eigenvalue weighted by atomic mass is 16.6. The van der Waals surface area contributed by atoms with E-state index in [-0.39, 0.29) is 6.04 Å². The summed E-state index contributed by atoms with van der Waals surface area (Å²) in [6.07, 6.45) is 1.57. The fraction of sp³-hybridized carbons (Fsp3) is 0.818. The van der Waals surface area contributed by atoms with E-state index in [1.165, 1.54) is 0 Å². The minimum atomic E-state index is -0.840. The zero-order valence-corrected chi connectivity index (χ0v) is 10.5. The summed E-state index contributed by atoms with van der Waals surface area (Å²) in [5.74, 6) is -1.53. The highest BCUT2D eigenvalue weighted by molar-refractivity contribution is 6.32. The van der Waals surface area contributed by atoms with Crippen LogP contribution in [-0.4, -0.2) is 30.1 Å². The quantitative estimate of drug-likeness (QED) is 0.420. The van der Waals surface area contributed by atoms with Crippen LogP contribution in [0.1, 0.15) is 40.5 Å². The van der Waals surface area contributed by atoms with Crippen LogP contribution in [-0.2, 0) is 14.3 Å². The first kappa shape index (κ1) is 14.9. The second kappa shape index (κ2) is 6.48. The Morgan fingerprint density at radius 1 is 1.38 bits per heavy atom. The molecule has 0 saturated carbocycles. The van der Waals surface area contributed by atoms with Gasteiger partial charge in [0.2, 0.25) is 0 Å². The molecule has 3 N–H and O–H groups in total. The molecule has 0 aliphatic heterocycles. The molecule has 0 rings (SSSR count). The summed E-state index contributed by atoms with van der Waals surface area (Å²) in [5, 5.41) is 2.49. The van der Waals surface area contributed by atoms with Crippen molar-refractivity contribution in [2.45, 2.75) is 52.2 Å². The van der Waals surface area contributed by atoms with Crippen LogP contribution in [0.5, 0.6) is 0 Å².